The van der Waals surface area contributed by atoms with E-state index < -0.39 is 6.10 Å². The van der Waals surface area contributed by atoms with Gasteiger partial charge in [-0.2, -0.15) is 0 Å². The van der Waals surface area contributed by atoms with Crippen molar-refractivity contribution in [2.24, 2.45) is 5.92 Å². The summed E-state index contributed by atoms with van der Waals surface area (Å²) in [7, 11) is 0. The number of esters is 1. The molecule has 0 radical (unpaired) electrons. The number of morpholine rings is 1. The van der Waals surface area contributed by atoms with Gasteiger partial charge in [-0.1, -0.05) is 13.3 Å². The molecule has 2 aliphatic rings. The van der Waals surface area contributed by atoms with Gasteiger partial charge in [0.1, 0.15) is 6.10 Å². The first-order valence-electron chi connectivity index (χ1n) is 6.84. The number of carbonyl (C=O) groups is 1. The molecule has 3 atom stereocenters. The summed E-state index contributed by atoms with van der Waals surface area (Å²) in [6, 6.07) is 0. The topological polar surface area (TPSA) is 47.6 Å². The molecule has 1 aliphatic heterocycles. The predicted molar refractivity (Wildman–Crippen MR) is 64.7 cm³/mol. The van der Waals surface area contributed by atoms with Crippen LogP contribution in [0.2, 0.25) is 0 Å². The van der Waals surface area contributed by atoms with Gasteiger partial charge in [-0.15, -0.1) is 0 Å². The van der Waals surface area contributed by atoms with Crippen molar-refractivity contribution in [1.29, 1.82) is 0 Å². The van der Waals surface area contributed by atoms with Crippen molar-refractivity contribution in [3.05, 3.63) is 0 Å². The van der Waals surface area contributed by atoms with Crippen LogP contribution in [0.5, 0.6) is 0 Å². The fourth-order valence-corrected chi connectivity index (χ4v) is 2.74. The molecule has 4 nitrogen and oxygen atoms in total. The van der Waals surface area contributed by atoms with Crippen LogP contribution in [0.3, 0.4) is 0 Å². The summed E-state index contributed by atoms with van der Waals surface area (Å²) < 4.78 is 11.0. The zero-order valence-corrected chi connectivity index (χ0v) is 10.6. The molecular weight excluding hydrogens is 218 g/mol. The molecule has 1 saturated heterocycles. The Balaban J connectivity index is 1.83. The van der Waals surface area contributed by atoms with Gasteiger partial charge < -0.3 is 14.8 Å². The molecule has 1 aliphatic carbocycles. The quantitative estimate of drug-likeness (QED) is 0.760. The second kappa shape index (κ2) is 6.36. The van der Waals surface area contributed by atoms with Crippen LogP contribution >= 0.6 is 0 Å². The number of ether oxygens (including phenoxy) is 2. The molecule has 3 unspecified atom stereocenters. The van der Waals surface area contributed by atoms with Crippen LogP contribution in [0, 0.1) is 5.92 Å². The van der Waals surface area contributed by atoms with Crippen molar-refractivity contribution in [2.45, 2.75) is 51.2 Å². The Morgan fingerprint density at radius 2 is 2.24 bits per heavy atom. The summed E-state index contributed by atoms with van der Waals surface area (Å²) in [5.41, 5.74) is 0. The first-order valence-corrected chi connectivity index (χ1v) is 6.84. The van der Waals surface area contributed by atoms with E-state index in [2.05, 4.69) is 12.2 Å². The Morgan fingerprint density at radius 3 is 2.94 bits per heavy atom. The summed E-state index contributed by atoms with van der Waals surface area (Å²) in [4.78, 5) is 11.9. The average molecular weight is 241 g/mol. The minimum atomic E-state index is -0.400. The minimum Gasteiger partial charge on any atom is -0.460 e. The first-order chi connectivity index (χ1) is 8.31. The van der Waals surface area contributed by atoms with E-state index in [9.17, 15) is 4.79 Å². The molecule has 0 aromatic heterocycles. The van der Waals surface area contributed by atoms with Crippen molar-refractivity contribution in [2.75, 3.05) is 19.7 Å². The normalized spacial score (nSPS) is 34.3. The maximum atomic E-state index is 11.9. The summed E-state index contributed by atoms with van der Waals surface area (Å²) in [5.74, 6) is 0.367. The van der Waals surface area contributed by atoms with E-state index in [0.29, 0.717) is 19.1 Å². The second-order valence-electron chi connectivity index (χ2n) is 4.99. The number of hydrogen-bond donors (Lipinski definition) is 1. The molecule has 0 bridgehead atoms. The van der Waals surface area contributed by atoms with Gasteiger partial charge >= 0.3 is 5.97 Å². The van der Waals surface area contributed by atoms with Gasteiger partial charge in [-0.05, 0) is 31.6 Å². The van der Waals surface area contributed by atoms with Crippen molar-refractivity contribution in [3.63, 3.8) is 0 Å². The molecular formula is C13H23NO3. The lowest BCUT2D eigenvalue weighted by atomic mass is 9.85. The van der Waals surface area contributed by atoms with Crippen LogP contribution in [-0.2, 0) is 14.3 Å². The van der Waals surface area contributed by atoms with Gasteiger partial charge in [0.05, 0.1) is 6.61 Å². The van der Waals surface area contributed by atoms with Gasteiger partial charge in [0.25, 0.3) is 0 Å². The molecule has 1 saturated carbocycles. The van der Waals surface area contributed by atoms with Crippen molar-refractivity contribution < 1.29 is 14.3 Å². The van der Waals surface area contributed by atoms with Gasteiger partial charge in [0.15, 0.2) is 6.10 Å². The molecule has 2 fully saturated rings. The first kappa shape index (κ1) is 12.8. The van der Waals surface area contributed by atoms with Gasteiger partial charge in [0, 0.05) is 13.1 Å². The third-order valence-electron chi connectivity index (χ3n) is 3.82. The fourth-order valence-electron chi connectivity index (χ4n) is 2.74. The minimum absolute atomic E-state index is 0.117. The van der Waals surface area contributed by atoms with Gasteiger partial charge in [-0.3, -0.25) is 0 Å². The smallest absolute Gasteiger partial charge is 0.336 e. The fraction of sp³-hybridized carbons (Fsp3) is 0.923. The molecule has 17 heavy (non-hydrogen) atoms. The van der Waals surface area contributed by atoms with E-state index in [4.69, 9.17) is 9.47 Å². The number of rotatable bonds is 3. The summed E-state index contributed by atoms with van der Waals surface area (Å²) in [6.07, 6.45) is 5.48. The molecule has 4 heteroatoms. The van der Waals surface area contributed by atoms with E-state index in [1.54, 1.807) is 0 Å². The largest absolute Gasteiger partial charge is 0.460 e. The van der Waals surface area contributed by atoms with Crippen molar-refractivity contribution in [3.8, 4) is 0 Å². The predicted octanol–water partition coefficient (Wildman–Crippen LogP) is 1.49. The molecule has 2 rings (SSSR count). The molecule has 0 spiro atoms. The number of nitrogens with one attached hydrogen (secondary N) is 1. The summed E-state index contributed by atoms with van der Waals surface area (Å²) >= 11 is 0. The SMILES string of the molecule is CCC1CCCCC1OC(=O)C1CNCCO1. The highest BCUT2D eigenvalue weighted by molar-refractivity contribution is 5.75. The Kier molecular flexibility index (Phi) is 4.80. The maximum Gasteiger partial charge on any atom is 0.336 e. The van der Waals surface area contributed by atoms with E-state index in [-0.39, 0.29) is 12.1 Å². The Bertz CT molecular complexity index is 251. The van der Waals surface area contributed by atoms with E-state index >= 15 is 0 Å². The zero-order valence-electron chi connectivity index (χ0n) is 10.6. The molecule has 0 aromatic rings. The van der Waals surface area contributed by atoms with Gasteiger partial charge in [0.2, 0.25) is 0 Å². The maximum absolute atomic E-state index is 11.9. The van der Waals surface area contributed by atoms with E-state index in [1.165, 1.54) is 19.3 Å². The third-order valence-corrected chi connectivity index (χ3v) is 3.82. The molecule has 1 N–H and O–H groups in total. The molecule has 0 aromatic carbocycles. The lowest BCUT2D eigenvalue weighted by Gasteiger charge is -2.32. The molecule has 1 heterocycles. The molecule has 98 valence electrons. The monoisotopic (exact) mass is 241 g/mol. The summed E-state index contributed by atoms with van der Waals surface area (Å²) in [5, 5.41) is 3.15. The lowest BCUT2D eigenvalue weighted by Crippen LogP contribution is -2.45. The standard InChI is InChI=1S/C13H23NO3/c1-2-10-5-3-4-6-11(10)17-13(15)12-9-14-7-8-16-12/h10-12,14H,2-9H2,1H3. The second-order valence-corrected chi connectivity index (χ2v) is 4.99. The Hall–Kier alpha value is -0.610. The molecule has 0 amide bonds. The van der Waals surface area contributed by atoms with Crippen molar-refractivity contribution in [1.82, 2.24) is 5.32 Å². The average Bonchev–Trinajstić information content (AvgIpc) is 2.40. The van der Waals surface area contributed by atoms with Crippen molar-refractivity contribution >= 4 is 5.97 Å². The van der Waals surface area contributed by atoms with Crippen LogP contribution in [0.25, 0.3) is 0 Å². The highest BCUT2D eigenvalue weighted by Gasteiger charge is 2.31. The van der Waals surface area contributed by atoms with E-state index in [1.807, 2.05) is 0 Å². The van der Waals surface area contributed by atoms with Crippen LogP contribution in [-0.4, -0.2) is 37.9 Å². The Morgan fingerprint density at radius 1 is 1.41 bits per heavy atom. The summed E-state index contributed by atoms with van der Waals surface area (Å²) in [6.45, 7) is 4.18. The van der Waals surface area contributed by atoms with Crippen LogP contribution in [0.1, 0.15) is 39.0 Å². The highest BCUT2D eigenvalue weighted by atomic mass is 16.6. The Labute approximate surface area is 103 Å². The highest BCUT2D eigenvalue weighted by Crippen LogP contribution is 2.29. The third kappa shape index (κ3) is 3.42. The van der Waals surface area contributed by atoms with Crippen LogP contribution < -0.4 is 5.32 Å². The number of hydrogen-bond acceptors (Lipinski definition) is 4. The van der Waals surface area contributed by atoms with E-state index in [0.717, 1.165) is 19.4 Å². The zero-order chi connectivity index (χ0) is 12.1. The lowest BCUT2D eigenvalue weighted by molar-refractivity contribution is -0.168. The van der Waals surface area contributed by atoms with Gasteiger partial charge in [-0.25, -0.2) is 4.79 Å². The van der Waals surface area contributed by atoms with Crippen LogP contribution in [0.4, 0.5) is 0 Å². The number of carbonyl (C=O) groups excluding carboxylic acids is 1. The van der Waals surface area contributed by atoms with Crippen LogP contribution in [0.15, 0.2) is 0 Å².